The zero-order valence-electron chi connectivity index (χ0n) is 11.2. The van der Waals surface area contributed by atoms with Crippen LogP contribution in [0.5, 0.6) is 5.75 Å². The number of phenolic OH excluding ortho intramolecular Hbond substituents is 1. The van der Waals surface area contributed by atoms with Crippen LogP contribution in [0.4, 0.5) is 0 Å². The van der Waals surface area contributed by atoms with Crippen molar-refractivity contribution in [1.82, 2.24) is 5.32 Å². The van der Waals surface area contributed by atoms with Gasteiger partial charge in [0.05, 0.1) is 0 Å². The predicted octanol–water partition coefficient (Wildman–Crippen LogP) is 3.84. The van der Waals surface area contributed by atoms with Crippen molar-refractivity contribution in [3.8, 4) is 5.75 Å². The van der Waals surface area contributed by atoms with Crippen molar-refractivity contribution in [2.45, 2.75) is 51.5 Å². The van der Waals surface area contributed by atoms with E-state index < -0.39 is 0 Å². The van der Waals surface area contributed by atoms with E-state index in [1.54, 1.807) is 6.07 Å². The Morgan fingerprint density at radius 1 is 1.00 bits per heavy atom. The average Bonchev–Trinajstić information content (AvgIpc) is 2.34. The first-order chi connectivity index (χ1) is 8.86. The molecule has 1 aliphatic rings. The summed E-state index contributed by atoms with van der Waals surface area (Å²) in [5, 5.41) is 13.2. The van der Waals surface area contributed by atoms with Crippen molar-refractivity contribution < 1.29 is 5.11 Å². The van der Waals surface area contributed by atoms with Gasteiger partial charge in [-0.1, -0.05) is 50.3 Å². The molecule has 0 aromatic heterocycles. The highest BCUT2D eigenvalue weighted by Gasteiger charge is 2.11. The van der Waals surface area contributed by atoms with Crippen molar-refractivity contribution in [2.24, 2.45) is 5.92 Å². The number of benzene rings is 1. The second kappa shape index (κ2) is 7.42. The van der Waals surface area contributed by atoms with Crippen LogP contribution >= 0.6 is 0 Å². The van der Waals surface area contributed by atoms with Crippen LogP contribution in [0.1, 0.15) is 50.5 Å². The van der Waals surface area contributed by atoms with Crippen LogP contribution in [0, 0.1) is 5.92 Å². The average molecular weight is 247 g/mol. The highest BCUT2D eigenvalue weighted by molar-refractivity contribution is 5.31. The molecule has 2 nitrogen and oxygen atoms in total. The normalized spacial score (nSPS) is 18.2. The Kier molecular flexibility index (Phi) is 5.53. The molecule has 2 N–H and O–H groups in total. The van der Waals surface area contributed by atoms with E-state index in [-0.39, 0.29) is 0 Å². The Labute approximate surface area is 110 Å². The molecule has 1 aliphatic carbocycles. The van der Waals surface area contributed by atoms with E-state index in [2.05, 4.69) is 5.32 Å². The van der Waals surface area contributed by atoms with E-state index in [1.165, 1.54) is 44.9 Å². The van der Waals surface area contributed by atoms with Crippen LogP contribution in [-0.4, -0.2) is 11.7 Å². The van der Waals surface area contributed by atoms with Crippen LogP contribution in [0.2, 0.25) is 0 Å². The fraction of sp³-hybridized carbons (Fsp3) is 0.625. The number of aromatic hydroxyl groups is 1. The van der Waals surface area contributed by atoms with Gasteiger partial charge < -0.3 is 10.4 Å². The summed E-state index contributed by atoms with van der Waals surface area (Å²) in [4.78, 5) is 0. The first kappa shape index (κ1) is 13.4. The molecular formula is C16H25NO. The molecule has 0 heterocycles. The molecular weight excluding hydrogens is 222 g/mol. The molecule has 0 spiro atoms. The molecule has 1 fully saturated rings. The van der Waals surface area contributed by atoms with Crippen molar-refractivity contribution in [3.05, 3.63) is 29.8 Å². The minimum absolute atomic E-state index is 0.405. The molecule has 100 valence electrons. The maximum atomic E-state index is 9.69. The van der Waals surface area contributed by atoms with Gasteiger partial charge in [-0.05, 0) is 31.4 Å². The Hall–Kier alpha value is -1.02. The van der Waals surface area contributed by atoms with Crippen LogP contribution in [0.25, 0.3) is 0 Å². The van der Waals surface area contributed by atoms with Gasteiger partial charge in [-0.2, -0.15) is 0 Å². The lowest BCUT2D eigenvalue weighted by Gasteiger charge is -2.20. The minimum Gasteiger partial charge on any atom is -0.508 e. The molecule has 0 amide bonds. The van der Waals surface area contributed by atoms with E-state index in [9.17, 15) is 5.11 Å². The summed E-state index contributed by atoms with van der Waals surface area (Å²) in [6.45, 7) is 1.87. The SMILES string of the molecule is Oc1ccccc1CNCC1CCCCCCC1. The second-order valence-electron chi connectivity index (χ2n) is 5.47. The second-order valence-corrected chi connectivity index (χ2v) is 5.47. The maximum absolute atomic E-state index is 9.69. The number of phenols is 1. The molecule has 0 bridgehead atoms. The molecule has 2 heteroatoms. The molecule has 1 aromatic rings. The Balaban J connectivity index is 1.72. The molecule has 18 heavy (non-hydrogen) atoms. The van der Waals surface area contributed by atoms with Gasteiger partial charge in [-0.3, -0.25) is 0 Å². The number of rotatable bonds is 4. The summed E-state index contributed by atoms with van der Waals surface area (Å²) in [6.07, 6.45) is 9.78. The van der Waals surface area contributed by atoms with Crippen LogP contribution in [0.15, 0.2) is 24.3 Å². The molecule has 0 aliphatic heterocycles. The van der Waals surface area contributed by atoms with Gasteiger partial charge in [-0.15, -0.1) is 0 Å². The summed E-state index contributed by atoms with van der Waals surface area (Å²) in [7, 11) is 0. The molecule has 0 atom stereocenters. The summed E-state index contributed by atoms with van der Waals surface area (Å²) in [5.41, 5.74) is 1.00. The predicted molar refractivity (Wildman–Crippen MR) is 75.6 cm³/mol. The van der Waals surface area contributed by atoms with E-state index in [4.69, 9.17) is 0 Å². The topological polar surface area (TPSA) is 32.3 Å². The highest BCUT2D eigenvalue weighted by Crippen LogP contribution is 2.22. The molecule has 0 unspecified atom stereocenters. The van der Waals surface area contributed by atoms with Gasteiger partial charge in [-0.25, -0.2) is 0 Å². The Bertz CT molecular complexity index is 343. The largest absolute Gasteiger partial charge is 0.508 e. The third kappa shape index (κ3) is 4.34. The quantitative estimate of drug-likeness (QED) is 0.847. The highest BCUT2D eigenvalue weighted by atomic mass is 16.3. The number of hydrogen-bond acceptors (Lipinski definition) is 2. The fourth-order valence-electron chi connectivity index (χ4n) is 2.82. The Morgan fingerprint density at radius 3 is 2.39 bits per heavy atom. The first-order valence-electron chi connectivity index (χ1n) is 7.34. The standard InChI is InChI=1S/C16H25NO/c18-16-11-7-6-10-15(16)13-17-12-14-8-4-2-1-3-5-9-14/h6-7,10-11,14,17-18H,1-5,8-9,12-13H2. The van der Waals surface area contributed by atoms with Gasteiger partial charge in [0.1, 0.15) is 5.75 Å². The van der Waals surface area contributed by atoms with Gasteiger partial charge in [0.2, 0.25) is 0 Å². The van der Waals surface area contributed by atoms with Crippen molar-refractivity contribution in [1.29, 1.82) is 0 Å². The third-order valence-corrected chi connectivity index (χ3v) is 3.96. The van der Waals surface area contributed by atoms with Gasteiger partial charge in [0.15, 0.2) is 0 Å². The number of para-hydroxylation sites is 1. The van der Waals surface area contributed by atoms with E-state index >= 15 is 0 Å². The molecule has 1 saturated carbocycles. The molecule has 2 rings (SSSR count). The summed E-state index contributed by atoms with van der Waals surface area (Å²) < 4.78 is 0. The molecule has 0 radical (unpaired) electrons. The minimum atomic E-state index is 0.405. The molecule has 1 aromatic carbocycles. The van der Waals surface area contributed by atoms with Gasteiger partial charge in [0.25, 0.3) is 0 Å². The summed E-state index contributed by atoms with van der Waals surface area (Å²) >= 11 is 0. The maximum Gasteiger partial charge on any atom is 0.120 e. The first-order valence-corrected chi connectivity index (χ1v) is 7.34. The molecule has 0 saturated heterocycles. The lowest BCUT2D eigenvalue weighted by molar-refractivity contribution is 0.359. The van der Waals surface area contributed by atoms with Crippen LogP contribution in [0.3, 0.4) is 0 Å². The zero-order valence-corrected chi connectivity index (χ0v) is 11.2. The zero-order chi connectivity index (χ0) is 12.6. The number of hydrogen-bond donors (Lipinski definition) is 2. The van der Waals surface area contributed by atoms with Crippen LogP contribution < -0.4 is 5.32 Å². The smallest absolute Gasteiger partial charge is 0.120 e. The summed E-state index contributed by atoms with van der Waals surface area (Å²) in [5.74, 6) is 1.24. The number of nitrogens with one attached hydrogen (secondary N) is 1. The third-order valence-electron chi connectivity index (χ3n) is 3.96. The lowest BCUT2D eigenvalue weighted by atomic mass is 9.91. The van der Waals surface area contributed by atoms with Gasteiger partial charge >= 0.3 is 0 Å². The van der Waals surface area contributed by atoms with Crippen molar-refractivity contribution in [3.63, 3.8) is 0 Å². The lowest BCUT2D eigenvalue weighted by Crippen LogP contribution is -2.23. The Morgan fingerprint density at radius 2 is 1.67 bits per heavy atom. The van der Waals surface area contributed by atoms with E-state index in [0.29, 0.717) is 5.75 Å². The van der Waals surface area contributed by atoms with Crippen molar-refractivity contribution in [2.75, 3.05) is 6.54 Å². The summed E-state index contributed by atoms with van der Waals surface area (Å²) in [6, 6.07) is 7.59. The fourth-order valence-corrected chi connectivity index (χ4v) is 2.82. The van der Waals surface area contributed by atoms with E-state index in [1.807, 2.05) is 18.2 Å². The van der Waals surface area contributed by atoms with Crippen LogP contribution in [-0.2, 0) is 6.54 Å². The van der Waals surface area contributed by atoms with E-state index in [0.717, 1.165) is 24.6 Å². The van der Waals surface area contributed by atoms with Gasteiger partial charge in [0, 0.05) is 12.1 Å². The van der Waals surface area contributed by atoms with Crippen molar-refractivity contribution >= 4 is 0 Å². The monoisotopic (exact) mass is 247 g/mol.